The van der Waals surface area contributed by atoms with E-state index < -0.39 is 54.3 Å². The van der Waals surface area contributed by atoms with Crippen molar-refractivity contribution in [1.82, 2.24) is 16.0 Å². The first-order valence-electron chi connectivity index (χ1n) is 9.12. The molecule has 0 heterocycles. The number of nitrogens with two attached hydrogens (primary N) is 2. The maximum absolute atomic E-state index is 12.4. The molecule has 4 amide bonds. The second-order valence-corrected chi connectivity index (χ2v) is 7.78. The number of hydrogen-bond donors (Lipinski definition) is 6. The van der Waals surface area contributed by atoms with E-state index in [4.69, 9.17) is 11.5 Å². The molecule has 8 N–H and O–H groups in total. The van der Waals surface area contributed by atoms with Crippen LogP contribution in [0.2, 0.25) is 0 Å². The summed E-state index contributed by atoms with van der Waals surface area (Å²) in [6.45, 7) is 3.09. The molecule has 29 heavy (non-hydrogen) atoms. The molecule has 3 unspecified atom stereocenters. The van der Waals surface area contributed by atoms with Crippen molar-refractivity contribution in [3.05, 3.63) is 0 Å². The average molecular weight is 434 g/mol. The number of carbonyl (C=O) groups excluding carboxylic acids is 4. The number of amides is 4. The third kappa shape index (κ3) is 11.3. The minimum absolute atomic E-state index is 0.110. The van der Waals surface area contributed by atoms with Gasteiger partial charge in [-0.1, -0.05) is 13.8 Å². The lowest BCUT2D eigenvalue weighted by molar-refractivity contribution is -0.142. The van der Waals surface area contributed by atoms with Crippen molar-refractivity contribution in [1.29, 1.82) is 0 Å². The van der Waals surface area contributed by atoms with E-state index in [0.29, 0.717) is 5.75 Å². The van der Waals surface area contributed by atoms with Gasteiger partial charge in [0.25, 0.3) is 0 Å². The van der Waals surface area contributed by atoms with Gasteiger partial charge in [0.05, 0.1) is 12.6 Å². The van der Waals surface area contributed by atoms with Crippen LogP contribution in [0.5, 0.6) is 0 Å². The van der Waals surface area contributed by atoms with Gasteiger partial charge in [-0.3, -0.25) is 19.2 Å². The molecule has 11 nitrogen and oxygen atoms in total. The fraction of sp³-hybridized carbons (Fsp3) is 0.706. The van der Waals surface area contributed by atoms with Gasteiger partial charge in [-0.25, -0.2) is 4.79 Å². The molecule has 0 aromatic heterocycles. The van der Waals surface area contributed by atoms with E-state index in [9.17, 15) is 29.1 Å². The molecular formula is C17H31N5O6S. The van der Waals surface area contributed by atoms with E-state index in [1.54, 1.807) is 20.1 Å². The molecule has 0 aromatic carbocycles. The van der Waals surface area contributed by atoms with Gasteiger partial charge in [-0.05, 0) is 30.8 Å². The topological polar surface area (TPSA) is 194 Å². The largest absolute Gasteiger partial charge is 0.480 e. The molecule has 0 bridgehead atoms. The van der Waals surface area contributed by atoms with Crippen molar-refractivity contribution < 1.29 is 29.1 Å². The normalized spacial score (nSPS) is 13.8. The van der Waals surface area contributed by atoms with Crippen LogP contribution in [0.4, 0.5) is 0 Å². The number of nitrogens with one attached hydrogen (secondary N) is 3. The Kier molecular flexibility index (Phi) is 12.7. The molecule has 0 aliphatic carbocycles. The molecule has 0 aliphatic heterocycles. The fourth-order valence-corrected chi connectivity index (χ4v) is 2.63. The number of hydrogen-bond acceptors (Lipinski definition) is 7. The van der Waals surface area contributed by atoms with E-state index >= 15 is 0 Å². The number of carboxylic acid groups (broad SMARTS) is 1. The number of aliphatic carboxylic acids is 1. The van der Waals surface area contributed by atoms with Gasteiger partial charge >= 0.3 is 5.97 Å². The van der Waals surface area contributed by atoms with Gasteiger partial charge < -0.3 is 32.5 Å². The van der Waals surface area contributed by atoms with Crippen LogP contribution in [0, 0.1) is 5.92 Å². The SMILES string of the molecule is CSCCC(NC(=O)C(CCC(N)=O)NC(=O)CNC(=O)C(N)C(C)C)C(=O)O. The van der Waals surface area contributed by atoms with E-state index in [1.165, 1.54) is 11.8 Å². The molecule has 0 aromatic rings. The smallest absolute Gasteiger partial charge is 0.326 e. The van der Waals surface area contributed by atoms with Crippen LogP contribution in [0.25, 0.3) is 0 Å². The lowest BCUT2D eigenvalue weighted by Crippen LogP contribution is -2.54. The van der Waals surface area contributed by atoms with Crippen LogP contribution in [-0.4, -0.2) is 71.4 Å². The molecule has 0 fully saturated rings. The van der Waals surface area contributed by atoms with Crippen molar-refractivity contribution in [2.45, 2.75) is 51.2 Å². The second kappa shape index (κ2) is 13.8. The lowest BCUT2D eigenvalue weighted by Gasteiger charge is -2.21. The number of thioether (sulfide) groups is 1. The number of carbonyl (C=O) groups is 5. The standard InChI is InChI=1S/C17H31N5O6S/c1-9(2)14(19)16(26)20-8-13(24)21-10(4-5-12(18)23)15(25)22-11(17(27)28)6-7-29-3/h9-11,14H,4-8,19H2,1-3H3,(H2,18,23)(H,20,26)(H,21,24)(H,22,25)(H,27,28). The summed E-state index contributed by atoms with van der Waals surface area (Å²) in [5.41, 5.74) is 10.8. The Morgan fingerprint density at radius 1 is 1.00 bits per heavy atom. The Morgan fingerprint density at radius 2 is 1.62 bits per heavy atom. The van der Waals surface area contributed by atoms with Gasteiger partial charge in [0.2, 0.25) is 23.6 Å². The molecule has 12 heteroatoms. The molecule has 0 radical (unpaired) electrons. The summed E-state index contributed by atoms with van der Waals surface area (Å²) in [6, 6.07) is -3.10. The van der Waals surface area contributed by atoms with Crippen molar-refractivity contribution in [3.63, 3.8) is 0 Å². The monoisotopic (exact) mass is 433 g/mol. The van der Waals surface area contributed by atoms with E-state index in [2.05, 4.69) is 16.0 Å². The summed E-state index contributed by atoms with van der Waals surface area (Å²) >= 11 is 1.43. The van der Waals surface area contributed by atoms with Crippen LogP contribution >= 0.6 is 11.8 Å². The highest BCUT2D eigenvalue weighted by Crippen LogP contribution is 2.04. The van der Waals surface area contributed by atoms with Crippen LogP contribution < -0.4 is 27.4 Å². The molecule has 0 saturated heterocycles. The van der Waals surface area contributed by atoms with Crippen LogP contribution in [0.3, 0.4) is 0 Å². The second-order valence-electron chi connectivity index (χ2n) is 6.79. The van der Waals surface area contributed by atoms with E-state index in [0.717, 1.165) is 0 Å². The van der Waals surface area contributed by atoms with Crippen molar-refractivity contribution in [3.8, 4) is 0 Å². The first-order chi connectivity index (χ1) is 13.5. The Labute approximate surface area is 174 Å². The summed E-state index contributed by atoms with van der Waals surface area (Å²) in [6.07, 6.45) is 1.70. The predicted octanol–water partition coefficient (Wildman–Crippen LogP) is -1.84. The summed E-state index contributed by atoms with van der Waals surface area (Å²) < 4.78 is 0. The average Bonchev–Trinajstić information content (AvgIpc) is 2.64. The Bertz CT molecular complexity index is 601. The van der Waals surface area contributed by atoms with Crippen molar-refractivity contribution in [2.75, 3.05) is 18.6 Å². The minimum Gasteiger partial charge on any atom is -0.480 e. The van der Waals surface area contributed by atoms with Gasteiger partial charge in [0.1, 0.15) is 12.1 Å². The molecule has 0 saturated carbocycles. The third-order valence-corrected chi connectivity index (χ3v) is 4.64. The number of rotatable bonds is 14. The zero-order chi connectivity index (χ0) is 22.6. The maximum Gasteiger partial charge on any atom is 0.326 e. The van der Waals surface area contributed by atoms with E-state index in [-0.39, 0.29) is 25.2 Å². The van der Waals surface area contributed by atoms with E-state index in [1.807, 2.05) is 0 Å². The first kappa shape index (κ1) is 26.7. The fourth-order valence-electron chi connectivity index (χ4n) is 2.15. The van der Waals surface area contributed by atoms with Gasteiger partial charge in [0, 0.05) is 6.42 Å². The Morgan fingerprint density at radius 3 is 2.10 bits per heavy atom. The molecule has 0 aliphatic rings. The zero-order valence-corrected chi connectivity index (χ0v) is 17.7. The highest BCUT2D eigenvalue weighted by atomic mass is 32.2. The zero-order valence-electron chi connectivity index (χ0n) is 16.9. The molecule has 166 valence electrons. The van der Waals surface area contributed by atoms with Crippen LogP contribution in [0.1, 0.15) is 33.1 Å². The molecule has 3 atom stereocenters. The highest BCUT2D eigenvalue weighted by molar-refractivity contribution is 7.98. The third-order valence-electron chi connectivity index (χ3n) is 4.00. The van der Waals surface area contributed by atoms with Crippen LogP contribution in [-0.2, 0) is 24.0 Å². The summed E-state index contributed by atoms with van der Waals surface area (Å²) in [5, 5.41) is 16.3. The molecule has 0 spiro atoms. The molecular weight excluding hydrogens is 402 g/mol. The Balaban J connectivity index is 4.95. The van der Waals surface area contributed by atoms with Crippen LogP contribution in [0.15, 0.2) is 0 Å². The van der Waals surface area contributed by atoms with Gasteiger partial charge in [0.15, 0.2) is 0 Å². The predicted molar refractivity (Wildman–Crippen MR) is 109 cm³/mol. The summed E-state index contributed by atoms with van der Waals surface area (Å²) in [4.78, 5) is 58.7. The first-order valence-corrected chi connectivity index (χ1v) is 10.5. The highest BCUT2D eigenvalue weighted by Gasteiger charge is 2.27. The van der Waals surface area contributed by atoms with Gasteiger partial charge in [-0.15, -0.1) is 0 Å². The van der Waals surface area contributed by atoms with Crippen molar-refractivity contribution >= 4 is 41.4 Å². The Hall–Kier alpha value is -2.34. The quantitative estimate of drug-likeness (QED) is 0.184. The van der Waals surface area contributed by atoms with Crippen molar-refractivity contribution in [2.24, 2.45) is 17.4 Å². The maximum atomic E-state index is 12.4. The van der Waals surface area contributed by atoms with Gasteiger partial charge in [-0.2, -0.15) is 11.8 Å². The molecule has 0 rings (SSSR count). The summed E-state index contributed by atoms with van der Waals surface area (Å²) in [7, 11) is 0. The number of carboxylic acids is 1. The number of primary amides is 1. The summed E-state index contributed by atoms with van der Waals surface area (Å²) in [5.74, 6) is -3.45. The lowest BCUT2D eigenvalue weighted by atomic mass is 10.1. The minimum atomic E-state index is -1.21.